The van der Waals surface area contributed by atoms with Crippen LogP contribution in [-0.2, 0) is 0 Å². The van der Waals surface area contributed by atoms with Crippen LogP contribution in [0.1, 0.15) is 18.5 Å². The lowest BCUT2D eigenvalue weighted by Crippen LogP contribution is -2.11. The van der Waals surface area contributed by atoms with E-state index in [4.69, 9.17) is 0 Å². The van der Waals surface area contributed by atoms with Crippen LogP contribution in [0.3, 0.4) is 0 Å². The standard InChI is InChI=1S/C21H18FN7O.ClH/c1-13(14-2-5-16(22)6-3-14)26-21-27-17(15-4-7-20(30)25-11-15)10-18(29-21)28-19-12-23-8-9-24-19;/h2-13H,1H3,(H,25,30)(H2,24,26,27,28,29);1H/t13-;/m0./s1. The van der Waals surface area contributed by atoms with E-state index in [9.17, 15) is 9.18 Å². The normalized spacial score (nSPS) is 11.3. The molecule has 1 aromatic carbocycles. The third-order valence-corrected chi connectivity index (χ3v) is 4.34. The van der Waals surface area contributed by atoms with E-state index in [2.05, 4.69) is 35.6 Å². The zero-order chi connectivity index (χ0) is 20.9. The van der Waals surface area contributed by atoms with Crippen molar-refractivity contribution in [2.24, 2.45) is 0 Å². The summed E-state index contributed by atoms with van der Waals surface area (Å²) in [5.41, 5.74) is 2.00. The molecule has 3 N–H and O–H groups in total. The predicted molar refractivity (Wildman–Crippen MR) is 119 cm³/mol. The summed E-state index contributed by atoms with van der Waals surface area (Å²) in [6, 6.07) is 10.9. The highest BCUT2D eigenvalue weighted by atomic mass is 35.5. The van der Waals surface area contributed by atoms with Crippen LogP contribution in [0.5, 0.6) is 0 Å². The minimum absolute atomic E-state index is 0. The summed E-state index contributed by atoms with van der Waals surface area (Å²) in [6.07, 6.45) is 6.32. The molecule has 1 atom stereocenters. The molecule has 0 amide bonds. The second-order valence-corrected chi connectivity index (χ2v) is 6.54. The SMILES string of the molecule is C[C@H](Nc1nc(Nc2cnccn2)cc(-c2ccc(=O)[nH]c2)n1)c1ccc(F)cc1.Cl. The molecule has 0 spiro atoms. The van der Waals surface area contributed by atoms with Gasteiger partial charge < -0.3 is 15.6 Å². The van der Waals surface area contributed by atoms with Crippen LogP contribution in [0.4, 0.5) is 22.0 Å². The molecule has 3 aromatic heterocycles. The molecule has 0 unspecified atom stereocenters. The third kappa shape index (κ3) is 5.61. The van der Waals surface area contributed by atoms with Gasteiger partial charge in [0.25, 0.3) is 0 Å². The van der Waals surface area contributed by atoms with E-state index in [0.717, 1.165) is 11.1 Å². The van der Waals surface area contributed by atoms with Crippen molar-refractivity contribution in [1.29, 1.82) is 0 Å². The molecule has 31 heavy (non-hydrogen) atoms. The highest BCUT2D eigenvalue weighted by Gasteiger charge is 2.12. The summed E-state index contributed by atoms with van der Waals surface area (Å²) < 4.78 is 13.2. The first-order chi connectivity index (χ1) is 14.6. The molecule has 0 radical (unpaired) electrons. The van der Waals surface area contributed by atoms with E-state index in [1.54, 1.807) is 49.1 Å². The molecule has 8 nitrogen and oxygen atoms in total. The molecular weight excluding hydrogens is 421 g/mol. The first-order valence-electron chi connectivity index (χ1n) is 9.20. The molecule has 10 heteroatoms. The molecule has 0 aliphatic carbocycles. The topological polar surface area (TPSA) is 108 Å². The Bertz CT molecular complexity index is 1180. The summed E-state index contributed by atoms with van der Waals surface area (Å²) in [7, 11) is 0. The third-order valence-electron chi connectivity index (χ3n) is 4.34. The molecule has 3 heterocycles. The van der Waals surface area contributed by atoms with Crippen molar-refractivity contribution in [3.05, 3.63) is 89.0 Å². The number of aromatic amines is 1. The van der Waals surface area contributed by atoms with Gasteiger partial charge in [-0.3, -0.25) is 9.78 Å². The number of hydrogen-bond donors (Lipinski definition) is 3. The second-order valence-electron chi connectivity index (χ2n) is 6.54. The van der Waals surface area contributed by atoms with Crippen LogP contribution in [0.2, 0.25) is 0 Å². The lowest BCUT2D eigenvalue weighted by atomic mass is 10.1. The Hall–Kier alpha value is -3.85. The Balaban J connectivity index is 0.00000272. The van der Waals surface area contributed by atoms with E-state index >= 15 is 0 Å². The molecule has 0 fully saturated rings. The van der Waals surface area contributed by atoms with Crippen LogP contribution >= 0.6 is 12.4 Å². The molecule has 0 aliphatic rings. The highest BCUT2D eigenvalue weighted by molar-refractivity contribution is 5.85. The van der Waals surface area contributed by atoms with Gasteiger partial charge in [0.05, 0.1) is 17.9 Å². The summed E-state index contributed by atoms with van der Waals surface area (Å²) in [6.45, 7) is 1.93. The first kappa shape index (κ1) is 21.8. The maximum atomic E-state index is 13.2. The number of rotatable bonds is 6. The lowest BCUT2D eigenvalue weighted by Gasteiger charge is -2.16. The van der Waals surface area contributed by atoms with Crippen LogP contribution in [0.15, 0.2) is 72.0 Å². The van der Waals surface area contributed by atoms with Gasteiger partial charge in [-0.1, -0.05) is 12.1 Å². The van der Waals surface area contributed by atoms with E-state index in [0.29, 0.717) is 23.3 Å². The van der Waals surface area contributed by atoms with E-state index < -0.39 is 0 Å². The minimum atomic E-state index is -0.294. The average Bonchev–Trinajstić information content (AvgIpc) is 2.75. The number of aromatic nitrogens is 5. The fourth-order valence-corrected chi connectivity index (χ4v) is 2.82. The van der Waals surface area contributed by atoms with E-state index in [1.807, 2.05) is 6.92 Å². The van der Waals surface area contributed by atoms with Gasteiger partial charge in [0, 0.05) is 36.3 Å². The molecule has 0 saturated heterocycles. The largest absolute Gasteiger partial charge is 0.348 e. The molecule has 0 saturated carbocycles. The summed E-state index contributed by atoms with van der Waals surface area (Å²) >= 11 is 0. The summed E-state index contributed by atoms with van der Waals surface area (Å²) in [4.78, 5) is 31.3. The van der Waals surface area contributed by atoms with Crippen LogP contribution < -0.4 is 16.2 Å². The van der Waals surface area contributed by atoms with Gasteiger partial charge in [0.15, 0.2) is 0 Å². The molecule has 0 bridgehead atoms. The summed E-state index contributed by atoms with van der Waals surface area (Å²) in [5, 5.41) is 6.33. The summed E-state index contributed by atoms with van der Waals surface area (Å²) in [5.74, 6) is 1.10. The molecule has 4 rings (SSSR count). The number of H-pyrrole nitrogens is 1. The zero-order valence-corrected chi connectivity index (χ0v) is 17.2. The number of benzene rings is 1. The highest BCUT2D eigenvalue weighted by Crippen LogP contribution is 2.24. The van der Waals surface area contributed by atoms with Crippen LogP contribution in [-0.4, -0.2) is 24.9 Å². The monoisotopic (exact) mass is 439 g/mol. The van der Waals surface area contributed by atoms with Gasteiger partial charge in [-0.2, -0.15) is 4.98 Å². The Morgan fingerprint density at radius 2 is 1.84 bits per heavy atom. The van der Waals surface area contributed by atoms with Gasteiger partial charge in [-0.15, -0.1) is 12.4 Å². The van der Waals surface area contributed by atoms with Crippen molar-refractivity contribution in [1.82, 2.24) is 24.9 Å². The quantitative estimate of drug-likeness (QED) is 0.415. The minimum Gasteiger partial charge on any atom is -0.348 e. The van der Waals surface area contributed by atoms with Gasteiger partial charge in [-0.25, -0.2) is 14.4 Å². The van der Waals surface area contributed by atoms with Gasteiger partial charge in [-0.05, 0) is 30.7 Å². The van der Waals surface area contributed by atoms with Crippen molar-refractivity contribution < 1.29 is 4.39 Å². The van der Waals surface area contributed by atoms with Crippen molar-refractivity contribution in [3.8, 4) is 11.3 Å². The average molecular weight is 440 g/mol. The molecule has 0 aliphatic heterocycles. The number of nitrogens with one attached hydrogen (secondary N) is 3. The predicted octanol–water partition coefficient (Wildman–Crippen LogP) is 4.10. The molecule has 158 valence electrons. The zero-order valence-electron chi connectivity index (χ0n) is 16.4. The van der Waals surface area contributed by atoms with Crippen molar-refractivity contribution in [3.63, 3.8) is 0 Å². The molecular formula is C21H19ClFN7O. The van der Waals surface area contributed by atoms with E-state index in [-0.39, 0.29) is 29.8 Å². The fourth-order valence-electron chi connectivity index (χ4n) is 2.82. The van der Waals surface area contributed by atoms with Crippen molar-refractivity contribution in [2.75, 3.05) is 10.6 Å². The Morgan fingerprint density at radius 1 is 1.03 bits per heavy atom. The Kier molecular flexibility index (Phi) is 6.88. The second kappa shape index (κ2) is 9.77. The smallest absolute Gasteiger partial charge is 0.247 e. The maximum Gasteiger partial charge on any atom is 0.247 e. The lowest BCUT2D eigenvalue weighted by molar-refractivity contribution is 0.626. The Labute approximate surface area is 183 Å². The maximum absolute atomic E-state index is 13.2. The van der Waals surface area contributed by atoms with Gasteiger partial charge >= 0.3 is 0 Å². The van der Waals surface area contributed by atoms with Gasteiger partial charge in [0.2, 0.25) is 11.5 Å². The van der Waals surface area contributed by atoms with Gasteiger partial charge in [0.1, 0.15) is 17.5 Å². The number of pyridine rings is 1. The van der Waals surface area contributed by atoms with Crippen molar-refractivity contribution in [2.45, 2.75) is 13.0 Å². The molecule has 4 aromatic rings. The number of halogens is 2. The number of nitrogens with zero attached hydrogens (tertiary/aromatic N) is 4. The Morgan fingerprint density at radius 3 is 2.52 bits per heavy atom. The first-order valence-corrected chi connectivity index (χ1v) is 9.20. The van der Waals surface area contributed by atoms with E-state index in [1.165, 1.54) is 18.2 Å². The van der Waals surface area contributed by atoms with Crippen molar-refractivity contribution >= 4 is 30.0 Å². The van der Waals surface area contributed by atoms with Crippen LogP contribution in [0, 0.1) is 5.82 Å². The number of anilines is 3. The fraction of sp³-hybridized carbons (Fsp3) is 0.0952. The van der Waals surface area contributed by atoms with Crippen LogP contribution in [0.25, 0.3) is 11.3 Å². The number of hydrogen-bond acceptors (Lipinski definition) is 7.